The van der Waals surface area contributed by atoms with Crippen molar-refractivity contribution in [2.45, 2.75) is 25.3 Å². The first-order chi connectivity index (χ1) is 6.38. The Morgan fingerprint density at radius 2 is 2.38 bits per heavy atom. The van der Waals surface area contributed by atoms with E-state index in [1.165, 1.54) is 24.8 Å². The lowest BCUT2D eigenvalue weighted by atomic mass is 9.98. The lowest BCUT2D eigenvalue weighted by Crippen LogP contribution is -2.26. The minimum atomic E-state index is 0.434. The summed E-state index contributed by atoms with van der Waals surface area (Å²) in [5, 5.41) is 4.24. The highest BCUT2D eigenvalue weighted by Gasteiger charge is 2.16. The van der Waals surface area contributed by atoms with Gasteiger partial charge in [0.25, 0.3) is 0 Å². The van der Waals surface area contributed by atoms with E-state index in [4.69, 9.17) is 11.6 Å². The van der Waals surface area contributed by atoms with Crippen molar-refractivity contribution in [2.75, 3.05) is 6.54 Å². The molecule has 1 aliphatic rings. The van der Waals surface area contributed by atoms with Gasteiger partial charge >= 0.3 is 0 Å². The molecule has 1 fully saturated rings. The van der Waals surface area contributed by atoms with Crippen molar-refractivity contribution in [3.63, 3.8) is 0 Å². The van der Waals surface area contributed by atoms with Crippen LogP contribution in [0.4, 0.5) is 0 Å². The van der Waals surface area contributed by atoms with Crippen LogP contribution in [0.2, 0.25) is 5.02 Å². The van der Waals surface area contributed by atoms with Gasteiger partial charge in [0.2, 0.25) is 0 Å². The zero-order valence-corrected chi connectivity index (χ0v) is 8.22. The molecule has 1 unspecified atom stereocenters. The molecule has 1 aromatic rings. The number of aromatic nitrogens is 1. The van der Waals surface area contributed by atoms with Gasteiger partial charge in [0.15, 0.2) is 0 Å². The average Bonchev–Trinajstić information content (AvgIpc) is 2.20. The number of hydrogen-bond donors (Lipinski definition) is 1. The molecule has 0 aromatic carbocycles. The molecule has 2 nitrogen and oxygen atoms in total. The first-order valence-electron chi connectivity index (χ1n) is 4.71. The lowest BCUT2D eigenvalue weighted by molar-refractivity contribution is 0.412. The molecule has 70 valence electrons. The first kappa shape index (κ1) is 8.97. The van der Waals surface area contributed by atoms with Crippen molar-refractivity contribution in [3.05, 3.63) is 29.0 Å². The number of piperidine rings is 1. The van der Waals surface area contributed by atoms with Gasteiger partial charge < -0.3 is 5.32 Å². The Kier molecular flexibility index (Phi) is 2.81. The van der Waals surface area contributed by atoms with Gasteiger partial charge in [-0.05, 0) is 31.0 Å². The zero-order chi connectivity index (χ0) is 9.10. The van der Waals surface area contributed by atoms with E-state index in [-0.39, 0.29) is 0 Å². The molecule has 2 rings (SSSR count). The summed E-state index contributed by atoms with van der Waals surface area (Å²) in [5.74, 6) is 0. The predicted molar refractivity (Wildman–Crippen MR) is 53.8 cm³/mol. The van der Waals surface area contributed by atoms with Gasteiger partial charge in [-0.25, -0.2) is 0 Å². The van der Waals surface area contributed by atoms with Gasteiger partial charge in [-0.1, -0.05) is 18.0 Å². The third-order valence-electron chi connectivity index (χ3n) is 2.49. The first-order valence-corrected chi connectivity index (χ1v) is 5.08. The van der Waals surface area contributed by atoms with Crippen LogP contribution in [0.1, 0.15) is 30.9 Å². The van der Waals surface area contributed by atoms with Crippen LogP contribution < -0.4 is 5.32 Å². The normalized spacial score (nSPS) is 23.0. The van der Waals surface area contributed by atoms with Gasteiger partial charge in [0.1, 0.15) is 0 Å². The van der Waals surface area contributed by atoms with Crippen LogP contribution in [0.25, 0.3) is 0 Å². The SMILES string of the molecule is Clc1cnccc1C1CCCCN1. The molecule has 13 heavy (non-hydrogen) atoms. The quantitative estimate of drug-likeness (QED) is 0.747. The van der Waals surface area contributed by atoms with E-state index in [0.717, 1.165) is 11.6 Å². The van der Waals surface area contributed by atoms with Crippen molar-refractivity contribution in [3.8, 4) is 0 Å². The van der Waals surface area contributed by atoms with Crippen LogP contribution in [0.5, 0.6) is 0 Å². The molecular formula is C10H13ClN2. The molecule has 0 amide bonds. The summed E-state index contributed by atoms with van der Waals surface area (Å²) in [6, 6.07) is 2.44. The number of halogens is 1. The average molecular weight is 197 g/mol. The number of rotatable bonds is 1. The summed E-state index contributed by atoms with van der Waals surface area (Å²) in [7, 11) is 0. The van der Waals surface area contributed by atoms with Crippen LogP contribution in [-0.4, -0.2) is 11.5 Å². The molecule has 0 saturated carbocycles. The fraction of sp³-hybridized carbons (Fsp3) is 0.500. The number of pyridine rings is 1. The third kappa shape index (κ3) is 2.01. The molecule has 1 atom stereocenters. The molecule has 1 aliphatic heterocycles. The van der Waals surface area contributed by atoms with Crippen molar-refractivity contribution in [1.82, 2.24) is 10.3 Å². The molecule has 3 heteroatoms. The molecule has 0 spiro atoms. The largest absolute Gasteiger partial charge is 0.310 e. The molecule has 1 saturated heterocycles. The van der Waals surface area contributed by atoms with Gasteiger partial charge in [0.05, 0.1) is 5.02 Å². The van der Waals surface area contributed by atoms with E-state index in [2.05, 4.69) is 10.3 Å². The maximum atomic E-state index is 6.06. The van der Waals surface area contributed by atoms with Crippen molar-refractivity contribution in [1.29, 1.82) is 0 Å². The highest BCUT2D eigenvalue weighted by molar-refractivity contribution is 6.31. The van der Waals surface area contributed by atoms with Crippen LogP contribution >= 0.6 is 11.6 Å². The summed E-state index contributed by atoms with van der Waals surface area (Å²) in [4.78, 5) is 3.98. The van der Waals surface area contributed by atoms with Gasteiger partial charge in [-0.3, -0.25) is 4.98 Å². The van der Waals surface area contributed by atoms with Crippen molar-refractivity contribution >= 4 is 11.6 Å². The highest BCUT2D eigenvalue weighted by Crippen LogP contribution is 2.27. The van der Waals surface area contributed by atoms with E-state index in [0.29, 0.717) is 6.04 Å². The summed E-state index contributed by atoms with van der Waals surface area (Å²) in [6.45, 7) is 1.10. The Morgan fingerprint density at radius 1 is 1.46 bits per heavy atom. The van der Waals surface area contributed by atoms with E-state index < -0.39 is 0 Å². The predicted octanol–water partition coefficient (Wildman–Crippen LogP) is 2.55. The molecule has 1 aromatic heterocycles. The Hall–Kier alpha value is -0.600. The second kappa shape index (κ2) is 4.07. The zero-order valence-electron chi connectivity index (χ0n) is 7.46. The second-order valence-corrected chi connectivity index (χ2v) is 3.81. The van der Waals surface area contributed by atoms with E-state index >= 15 is 0 Å². The highest BCUT2D eigenvalue weighted by atomic mass is 35.5. The summed E-state index contributed by atoms with van der Waals surface area (Å²) in [5.41, 5.74) is 1.19. The van der Waals surface area contributed by atoms with Gasteiger partial charge in [-0.2, -0.15) is 0 Å². The molecule has 0 radical (unpaired) electrons. The monoisotopic (exact) mass is 196 g/mol. The molecule has 0 bridgehead atoms. The maximum Gasteiger partial charge on any atom is 0.0637 e. The van der Waals surface area contributed by atoms with Gasteiger partial charge in [0, 0.05) is 18.4 Å². The second-order valence-electron chi connectivity index (χ2n) is 3.40. The van der Waals surface area contributed by atoms with Crippen LogP contribution in [0, 0.1) is 0 Å². The van der Waals surface area contributed by atoms with Crippen LogP contribution in [-0.2, 0) is 0 Å². The fourth-order valence-electron chi connectivity index (χ4n) is 1.79. The maximum absolute atomic E-state index is 6.06. The van der Waals surface area contributed by atoms with Gasteiger partial charge in [-0.15, -0.1) is 0 Å². The number of nitrogens with zero attached hydrogens (tertiary/aromatic N) is 1. The molecular weight excluding hydrogens is 184 g/mol. The molecule has 2 heterocycles. The molecule has 1 N–H and O–H groups in total. The Morgan fingerprint density at radius 3 is 3.08 bits per heavy atom. The summed E-state index contributed by atoms with van der Waals surface area (Å²) >= 11 is 6.06. The Balaban J connectivity index is 2.18. The number of nitrogens with one attached hydrogen (secondary N) is 1. The van der Waals surface area contributed by atoms with Crippen LogP contribution in [0.3, 0.4) is 0 Å². The Bertz CT molecular complexity index is 282. The van der Waals surface area contributed by atoms with E-state index in [1.807, 2.05) is 6.07 Å². The smallest absolute Gasteiger partial charge is 0.0637 e. The van der Waals surface area contributed by atoms with Crippen molar-refractivity contribution in [2.24, 2.45) is 0 Å². The Labute approximate surface area is 83.3 Å². The minimum absolute atomic E-state index is 0.434. The van der Waals surface area contributed by atoms with Crippen molar-refractivity contribution < 1.29 is 0 Å². The van der Waals surface area contributed by atoms with Crippen LogP contribution in [0.15, 0.2) is 18.5 Å². The third-order valence-corrected chi connectivity index (χ3v) is 2.81. The minimum Gasteiger partial charge on any atom is -0.310 e. The fourth-order valence-corrected chi connectivity index (χ4v) is 2.04. The van der Waals surface area contributed by atoms with E-state index in [9.17, 15) is 0 Å². The summed E-state index contributed by atoms with van der Waals surface area (Å²) in [6.07, 6.45) is 7.27. The topological polar surface area (TPSA) is 24.9 Å². The number of hydrogen-bond acceptors (Lipinski definition) is 2. The van der Waals surface area contributed by atoms with E-state index in [1.54, 1.807) is 12.4 Å². The standard InChI is InChI=1S/C10H13ClN2/c11-9-7-12-6-4-8(9)10-3-1-2-5-13-10/h4,6-7,10,13H,1-3,5H2. The lowest BCUT2D eigenvalue weighted by Gasteiger charge is -2.24. The summed E-state index contributed by atoms with van der Waals surface area (Å²) < 4.78 is 0. The molecule has 0 aliphatic carbocycles.